The molecule has 0 radical (unpaired) electrons. The van der Waals surface area contributed by atoms with Crippen LogP contribution in [0.2, 0.25) is 0 Å². The number of likely N-dealkylation sites (tertiary alicyclic amines) is 1. The van der Waals surface area contributed by atoms with Crippen molar-refractivity contribution in [3.05, 3.63) is 53.1 Å². The van der Waals surface area contributed by atoms with Crippen LogP contribution in [-0.2, 0) is 9.59 Å². The fourth-order valence-corrected chi connectivity index (χ4v) is 4.66. The van der Waals surface area contributed by atoms with Crippen LogP contribution >= 0.6 is 11.3 Å². The van der Waals surface area contributed by atoms with Crippen LogP contribution in [0.25, 0.3) is 16.1 Å². The lowest BCUT2D eigenvalue weighted by atomic mass is 10.2. The lowest BCUT2D eigenvalue weighted by Crippen LogP contribution is -2.28. The predicted octanol–water partition coefficient (Wildman–Crippen LogP) is 4.49. The first-order valence-electron chi connectivity index (χ1n) is 10.2. The van der Waals surface area contributed by atoms with E-state index in [0.717, 1.165) is 71.9 Å². The molecule has 1 saturated carbocycles. The van der Waals surface area contributed by atoms with Gasteiger partial charge in [-0.15, -0.1) is 11.3 Å². The average Bonchev–Trinajstić information content (AvgIpc) is 3.17. The Morgan fingerprint density at radius 3 is 2.79 bits per heavy atom. The highest BCUT2D eigenvalue weighted by molar-refractivity contribution is 7.13. The molecule has 2 heterocycles. The first-order chi connectivity index (χ1) is 14.2. The van der Waals surface area contributed by atoms with Gasteiger partial charge < -0.3 is 10.2 Å². The summed E-state index contributed by atoms with van der Waals surface area (Å²) < 4.78 is 0. The summed E-state index contributed by atoms with van der Waals surface area (Å²) in [5.74, 6) is 0.463. The Morgan fingerprint density at radius 1 is 1.17 bits per heavy atom. The fraction of sp³-hybridized carbons (Fsp3) is 0.348. The normalized spacial score (nSPS) is 18.6. The van der Waals surface area contributed by atoms with Crippen molar-refractivity contribution in [2.45, 2.75) is 32.1 Å². The van der Waals surface area contributed by atoms with E-state index in [4.69, 9.17) is 4.98 Å². The quantitative estimate of drug-likeness (QED) is 0.797. The molecule has 1 N–H and O–H groups in total. The zero-order valence-corrected chi connectivity index (χ0v) is 17.0. The van der Waals surface area contributed by atoms with Crippen LogP contribution in [0.15, 0.2) is 47.4 Å². The minimum absolute atomic E-state index is 0.110. The van der Waals surface area contributed by atoms with E-state index < -0.39 is 0 Å². The third kappa shape index (κ3) is 3.90. The molecule has 0 spiro atoms. The predicted molar refractivity (Wildman–Crippen MR) is 115 cm³/mol. The largest absolute Gasteiger partial charge is 0.339 e. The summed E-state index contributed by atoms with van der Waals surface area (Å²) in [6.07, 6.45) is 8.96. The molecule has 2 fully saturated rings. The van der Waals surface area contributed by atoms with E-state index in [1.54, 1.807) is 11.3 Å². The highest BCUT2D eigenvalue weighted by atomic mass is 32.1. The molecule has 0 bridgehead atoms. The second-order valence-electron chi connectivity index (χ2n) is 7.91. The van der Waals surface area contributed by atoms with Gasteiger partial charge in [0.25, 0.3) is 0 Å². The molecule has 5 nitrogen and oxygen atoms in total. The fourth-order valence-electron chi connectivity index (χ4n) is 3.84. The zero-order valence-electron chi connectivity index (χ0n) is 16.2. The molecular formula is C23H23N3O2S. The van der Waals surface area contributed by atoms with E-state index in [1.165, 1.54) is 0 Å². The number of hydrogen-bond donors (Lipinski definition) is 1. The van der Waals surface area contributed by atoms with Gasteiger partial charge in [0.05, 0.1) is 5.69 Å². The molecule has 6 heteroatoms. The maximum Gasteiger partial charge on any atom is 0.250 e. The van der Waals surface area contributed by atoms with E-state index in [9.17, 15) is 9.59 Å². The molecule has 0 atom stereocenters. The molecule has 29 heavy (non-hydrogen) atoms. The summed E-state index contributed by atoms with van der Waals surface area (Å²) in [7, 11) is 0. The number of carbonyl (C=O) groups excluding carboxylic acids is 2. The molecule has 3 aliphatic rings. The number of carbonyl (C=O) groups is 2. The number of hydrogen-bond acceptors (Lipinski definition) is 4. The van der Waals surface area contributed by atoms with Gasteiger partial charge in [0.15, 0.2) is 0 Å². The molecule has 1 aromatic carbocycles. The standard InChI is InChI=1S/C23H23N3O2S/c27-21(15-6-7-15)24-19-5-3-4-17(13-19)22-25-20(14-29-22)16-8-9-18(12-16)23(28)26-10-1-2-11-26/h3-5,8,12-15H,1-2,6-7,9-11H2,(H,24,27). The number of aromatic nitrogens is 1. The number of rotatable bonds is 5. The first kappa shape index (κ1) is 18.3. The van der Waals surface area contributed by atoms with Gasteiger partial charge in [-0.2, -0.15) is 0 Å². The zero-order chi connectivity index (χ0) is 19.8. The lowest BCUT2D eigenvalue weighted by Gasteiger charge is -2.15. The van der Waals surface area contributed by atoms with Crippen molar-refractivity contribution in [3.8, 4) is 10.6 Å². The van der Waals surface area contributed by atoms with Crippen molar-refractivity contribution >= 4 is 34.4 Å². The second-order valence-corrected chi connectivity index (χ2v) is 8.77. The van der Waals surface area contributed by atoms with E-state index in [-0.39, 0.29) is 17.7 Å². The van der Waals surface area contributed by atoms with Crippen LogP contribution in [0, 0.1) is 5.92 Å². The van der Waals surface area contributed by atoms with Crippen LogP contribution in [0.4, 0.5) is 5.69 Å². The molecule has 1 aromatic heterocycles. The summed E-state index contributed by atoms with van der Waals surface area (Å²) in [6, 6.07) is 7.85. The smallest absolute Gasteiger partial charge is 0.250 e. The number of benzene rings is 1. The van der Waals surface area contributed by atoms with E-state index in [0.29, 0.717) is 6.42 Å². The van der Waals surface area contributed by atoms with Gasteiger partial charge in [-0.3, -0.25) is 9.59 Å². The molecule has 2 amide bonds. The van der Waals surface area contributed by atoms with Gasteiger partial charge in [-0.05, 0) is 55.9 Å². The summed E-state index contributed by atoms with van der Waals surface area (Å²) in [4.78, 5) is 31.4. The maximum atomic E-state index is 12.6. The Morgan fingerprint density at radius 2 is 2.00 bits per heavy atom. The lowest BCUT2D eigenvalue weighted by molar-refractivity contribution is -0.126. The van der Waals surface area contributed by atoms with Gasteiger partial charge >= 0.3 is 0 Å². The third-order valence-corrected chi connectivity index (χ3v) is 6.56. The minimum Gasteiger partial charge on any atom is -0.339 e. The Hall–Kier alpha value is -2.73. The van der Waals surface area contributed by atoms with Crippen molar-refractivity contribution in [2.75, 3.05) is 18.4 Å². The summed E-state index contributed by atoms with van der Waals surface area (Å²) >= 11 is 1.58. The van der Waals surface area contributed by atoms with Crippen LogP contribution in [0.5, 0.6) is 0 Å². The maximum absolute atomic E-state index is 12.6. The van der Waals surface area contributed by atoms with Crippen molar-refractivity contribution in [3.63, 3.8) is 0 Å². The number of nitrogens with one attached hydrogen (secondary N) is 1. The molecule has 148 valence electrons. The summed E-state index contributed by atoms with van der Waals surface area (Å²) in [5.41, 5.74) is 4.59. The SMILES string of the molecule is O=C(Nc1cccc(-c2nc(C3=CCC(C(=O)N4CCCC4)=C3)cs2)c1)C1CC1. The summed E-state index contributed by atoms with van der Waals surface area (Å²) in [6.45, 7) is 1.75. The Balaban J connectivity index is 1.31. The second kappa shape index (κ2) is 7.59. The van der Waals surface area contributed by atoms with Gasteiger partial charge in [-0.1, -0.05) is 18.2 Å². The average molecular weight is 406 g/mol. The van der Waals surface area contributed by atoms with Gasteiger partial charge in [0.1, 0.15) is 5.01 Å². The molecule has 1 aliphatic heterocycles. The molecule has 2 aromatic rings. The highest BCUT2D eigenvalue weighted by Gasteiger charge is 2.29. The van der Waals surface area contributed by atoms with Crippen LogP contribution in [-0.4, -0.2) is 34.8 Å². The number of anilines is 1. The van der Waals surface area contributed by atoms with Gasteiger partial charge in [0.2, 0.25) is 11.8 Å². The minimum atomic E-state index is 0.110. The molecule has 5 rings (SSSR count). The Bertz CT molecular complexity index is 1030. The van der Waals surface area contributed by atoms with Crippen molar-refractivity contribution in [1.82, 2.24) is 9.88 Å². The van der Waals surface area contributed by atoms with Crippen LogP contribution in [0.3, 0.4) is 0 Å². The number of nitrogens with zero attached hydrogens (tertiary/aromatic N) is 2. The first-order valence-corrected chi connectivity index (χ1v) is 11.1. The van der Waals surface area contributed by atoms with Gasteiger partial charge in [-0.25, -0.2) is 4.98 Å². The third-order valence-electron chi connectivity index (χ3n) is 5.66. The van der Waals surface area contributed by atoms with Crippen molar-refractivity contribution in [2.24, 2.45) is 5.92 Å². The Labute approximate surface area is 174 Å². The number of allylic oxidation sites excluding steroid dienone is 3. The Kier molecular flexibility index (Phi) is 4.79. The number of thiazole rings is 1. The molecule has 0 unspecified atom stereocenters. The monoisotopic (exact) mass is 405 g/mol. The van der Waals surface area contributed by atoms with Crippen LogP contribution < -0.4 is 5.32 Å². The van der Waals surface area contributed by atoms with E-state index in [1.807, 2.05) is 40.6 Å². The van der Waals surface area contributed by atoms with Crippen molar-refractivity contribution in [1.29, 1.82) is 0 Å². The van der Waals surface area contributed by atoms with E-state index >= 15 is 0 Å². The molecular weight excluding hydrogens is 382 g/mol. The van der Waals surface area contributed by atoms with Crippen molar-refractivity contribution < 1.29 is 9.59 Å². The topological polar surface area (TPSA) is 62.3 Å². The molecule has 2 aliphatic carbocycles. The van der Waals surface area contributed by atoms with Gasteiger partial charge in [0, 0.05) is 41.2 Å². The van der Waals surface area contributed by atoms with Crippen LogP contribution in [0.1, 0.15) is 37.8 Å². The number of amides is 2. The highest BCUT2D eigenvalue weighted by Crippen LogP contribution is 2.34. The van der Waals surface area contributed by atoms with E-state index in [2.05, 4.69) is 11.4 Å². The molecule has 1 saturated heterocycles. The summed E-state index contributed by atoms with van der Waals surface area (Å²) in [5, 5.41) is 5.95.